The second-order valence-electron chi connectivity index (χ2n) is 5.87. The van der Waals surface area contributed by atoms with E-state index in [4.69, 9.17) is 9.47 Å². The van der Waals surface area contributed by atoms with Crippen LogP contribution in [0.1, 0.15) is 26.5 Å². The summed E-state index contributed by atoms with van der Waals surface area (Å²) in [6, 6.07) is 3.49. The fourth-order valence-electron chi connectivity index (χ4n) is 3.04. The minimum Gasteiger partial charge on any atom is -0.465 e. The van der Waals surface area contributed by atoms with Crippen molar-refractivity contribution in [1.29, 1.82) is 0 Å². The number of fused-ring (bicyclic) bond motifs is 1. The molecular formula is C17H17BrFN3O4. The predicted octanol–water partition coefficient (Wildman–Crippen LogP) is 2.24. The summed E-state index contributed by atoms with van der Waals surface area (Å²) in [5, 5.41) is 0. The summed E-state index contributed by atoms with van der Waals surface area (Å²) in [6.07, 6.45) is 1.73. The molecule has 26 heavy (non-hydrogen) atoms. The molecule has 138 valence electrons. The number of hydrogen-bond donors (Lipinski definition) is 0. The Morgan fingerprint density at radius 1 is 1.42 bits per heavy atom. The molecule has 1 aliphatic rings. The van der Waals surface area contributed by atoms with Gasteiger partial charge in [0.15, 0.2) is 5.82 Å². The molecule has 1 aliphatic heterocycles. The van der Waals surface area contributed by atoms with Gasteiger partial charge in [0.25, 0.3) is 5.91 Å². The lowest BCUT2D eigenvalue weighted by molar-refractivity contribution is 0.0374. The monoisotopic (exact) mass is 425 g/mol. The van der Waals surface area contributed by atoms with Crippen LogP contribution >= 0.6 is 15.9 Å². The fraction of sp³-hybridized carbons (Fsp3) is 0.353. The molecule has 0 radical (unpaired) electrons. The van der Waals surface area contributed by atoms with E-state index in [1.807, 2.05) is 0 Å². The first-order valence-corrected chi connectivity index (χ1v) is 8.63. The maximum absolute atomic E-state index is 13.8. The quantitative estimate of drug-likeness (QED) is 0.686. The van der Waals surface area contributed by atoms with E-state index in [0.29, 0.717) is 23.3 Å². The Balaban J connectivity index is 1.98. The SMILES string of the molecule is COCC1Cn2cc(Br)nc2C(=O)N1Cc1cc(F)ccc1C(=O)OC. The van der Waals surface area contributed by atoms with Crippen molar-refractivity contribution in [1.82, 2.24) is 14.5 Å². The smallest absolute Gasteiger partial charge is 0.338 e. The number of amides is 1. The minimum absolute atomic E-state index is 0.0412. The van der Waals surface area contributed by atoms with Crippen molar-refractivity contribution in [2.24, 2.45) is 0 Å². The van der Waals surface area contributed by atoms with Crippen LogP contribution in [-0.4, -0.2) is 53.2 Å². The normalized spacial score (nSPS) is 16.5. The second kappa shape index (κ2) is 7.55. The summed E-state index contributed by atoms with van der Waals surface area (Å²) in [5.74, 6) is -1.12. The first kappa shape index (κ1) is 18.5. The van der Waals surface area contributed by atoms with Crippen LogP contribution in [0.2, 0.25) is 0 Å². The van der Waals surface area contributed by atoms with Crippen molar-refractivity contribution in [3.8, 4) is 0 Å². The van der Waals surface area contributed by atoms with Gasteiger partial charge in [0, 0.05) is 26.4 Å². The number of methoxy groups -OCH3 is 2. The van der Waals surface area contributed by atoms with Gasteiger partial charge < -0.3 is 18.9 Å². The molecule has 0 fully saturated rings. The Morgan fingerprint density at radius 3 is 2.88 bits per heavy atom. The lowest BCUT2D eigenvalue weighted by Crippen LogP contribution is -2.49. The van der Waals surface area contributed by atoms with Gasteiger partial charge in [-0.2, -0.15) is 0 Å². The molecule has 2 heterocycles. The summed E-state index contributed by atoms with van der Waals surface area (Å²) in [7, 11) is 2.80. The third-order valence-electron chi connectivity index (χ3n) is 4.22. The number of benzene rings is 1. The molecule has 1 aromatic heterocycles. The van der Waals surface area contributed by atoms with Gasteiger partial charge in [0.1, 0.15) is 10.4 Å². The van der Waals surface area contributed by atoms with Crippen LogP contribution in [0.25, 0.3) is 0 Å². The molecule has 2 aromatic rings. The number of rotatable bonds is 5. The average Bonchev–Trinajstić information content (AvgIpc) is 2.98. The Hall–Kier alpha value is -2.26. The molecule has 1 aromatic carbocycles. The van der Waals surface area contributed by atoms with Crippen LogP contribution in [0.15, 0.2) is 29.0 Å². The fourth-order valence-corrected chi connectivity index (χ4v) is 3.45. The second-order valence-corrected chi connectivity index (χ2v) is 6.69. The van der Waals surface area contributed by atoms with E-state index in [1.54, 1.807) is 22.8 Å². The standard InChI is InChI=1S/C17H17BrFN3O4/c1-25-9-12-7-21-8-14(18)20-15(21)16(23)22(12)6-10-5-11(19)3-4-13(10)17(24)26-2/h3-5,8,12H,6-7,9H2,1-2H3. The summed E-state index contributed by atoms with van der Waals surface area (Å²) >= 11 is 3.27. The molecule has 3 rings (SSSR count). The Kier molecular flexibility index (Phi) is 5.38. The van der Waals surface area contributed by atoms with Crippen LogP contribution in [0, 0.1) is 5.82 Å². The number of hydrogen-bond acceptors (Lipinski definition) is 5. The highest BCUT2D eigenvalue weighted by Crippen LogP contribution is 2.24. The topological polar surface area (TPSA) is 73.7 Å². The number of aromatic nitrogens is 2. The van der Waals surface area contributed by atoms with Crippen molar-refractivity contribution >= 4 is 27.8 Å². The van der Waals surface area contributed by atoms with Gasteiger partial charge in [-0.05, 0) is 39.7 Å². The van der Waals surface area contributed by atoms with E-state index < -0.39 is 11.8 Å². The molecule has 0 aliphatic carbocycles. The summed E-state index contributed by atoms with van der Waals surface area (Å²) in [4.78, 5) is 30.6. The van der Waals surface area contributed by atoms with Crippen molar-refractivity contribution in [2.75, 3.05) is 20.8 Å². The number of nitrogens with zero attached hydrogens (tertiary/aromatic N) is 3. The van der Waals surface area contributed by atoms with Crippen LogP contribution < -0.4 is 0 Å². The highest BCUT2D eigenvalue weighted by molar-refractivity contribution is 9.10. The molecule has 7 nitrogen and oxygen atoms in total. The Bertz CT molecular complexity index is 855. The van der Waals surface area contributed by atoms with Gasteiger partial charge in [0.2, 0.25) is 0 Å². The zero-order valence-corrected chi connectivity index (χ0v) is 15.8. The van der Waals surface area contributed by atoms with Crippen LogP contribution in [-0.2, 0) is 22.6 Å². The molecule has 9 heteroatoms. The van der Waals surface area contributed by atoms with E-state index in [0.717, 1.165) is 0 Å². The van der Waals surface area contributed by atoms with Crippen LogP contribution in [0.5, 0.6) is 0 Å². The van der Waals surface area contributed by atoms with Gasteiger partial charge in [-0.25, -0.2) is 14.2 Å². The van der Waals surface area contributed by atoms with Crippen LogP contribution in [0.3, 0.4) is 0 Å². The van der Waals surface area contributed by atoms with Crippen LogP contribution in [0.4, 0.5) is 4.39 Å². The molecule has 0 bridgehead atoms. The number of ether oxygens (including phenoxy) is 2. The van der Waals surface area contributed by atoms with Gasteiger partial charge >= 0.3 is 5.97 Å². The molecule has 0 saturated heterocycles. The zero-order chi connectivity index (χ0) is 18.8. The highest BCUT2D eigenvalue weighted by Gasteiger charge is 2.34. The molecule has 0 spiro atoms. The maximum Gasteiger partial charge on any atom is 0.338 e. The lowest BCUT2D eigenvalue weighted by Gasteiger charge is -2.35. The van der Waals surface area contributed by atoms with E-state index in [9.17, 15) is 14.0 Å². The van der Waals surface area contributed by atoms with E-state index in [1.165, 1.54) is 25.3 Å². The molecule has 1 unspecified atom stereocenters. The number of imidazole rings is 1. The number of carbonyl (C=O) groups is 2. The first-order valence-electron chi connectivity index (χ1n) is 7.84. The highest BCUT2D eigenvalue weighted by atomic mass is 79.9. The van der Waals surface area contributed by atoms with Crippen molar-refractivity contribution in [2.45, 2.75) is 19.1 Å². The largest absolute Gasteiger partial charge is 0.465 e. The Morgan fingerprint density at radius 2 is 2.19 bits per heavy atom. The molecule has 0 saturated carbocycles. The number of esters is 1. The molecule has 1 atom stereocenters. The maximum atomic E-state index is 13.8. The van der Waals surface area contributed by atoms with E-state index in [-0.39, 0.29) is 29.9 Å². The lowest BCUT2D eigenvalue weighted by atomic mass is 10.0. The average molecular weight is 426 g/mol. The van der Waals surface area contributed by atoms with Crippen molar-refractivity contribution in [3.05, 3.63) is 51.8 Å². The summed E-state index contributed by atoms with van der Waals surface area (Å²) < 4.78 is 26.0. The van der Waals surface area contributed by atoms with E-state index in [2.05, 4.69) is 20.9 Å². The van der Waals surface area contributed by atoms with Gasteiger partial charge in [-0.3, -0.25) is 4.79 Å². The molecule has 1 amide bonds. The third kappa shape index (κ3) is 3.49. The summed E-state index contributed by atoms with van der Waals surface area (Å²) in [6.45, 7) is 0.819. The van der Waals surface area contributed by atoms with Gasteiger partial charge in [-0.1, -0.05) is 0 Å². The van der Waals surface area contributed by atoms with E-state index >= 15 is 0 Å². The van der Waals surface area contributed by atoms with Crippen molar-refractivity contribution < 1.29 is 23.5 Å². The van der Waals surface area contributed by atoms with Gasteiger partial charge in [0.05, 0.1) is 25.3 Å². The number of carbonyl (C=O) groups excluding carboxylic acids is 2. The third-order valence-corrected chi connectivity index (χ3v) is 4.60. The predicted molar refractivity (Wildman–Crippen MR) is 93.2 cm³/mol. The van der Waals surface area contributed by atoms with Crippen molar-refractivity contribution in [3.63, 3.8) is 0 Å². The first-order chi connectivity index (χ1) is 12.4. The minimum atomic E-state index is -0.586. The molecular weight excluding hydrogens is 409 g/mol. The molecule has 0 N–H and O–H groups in total. The zero-order valence-electron chi connectivity index (χ0n) is 14.2. The summed E-state index contributed by atoms with van der Waals surface area (Å²) in [5.41, 5.74) is 0.582. The number of halogens is 2. The van der Waals surface area contributed by atoms with Gasteiger partial charge in [-0.15, -0.1) is 0 Å². The Labute approximate surface area is 157 Å².